The molecule has 0 aliphatic carbocycles. The number of anilines is 1. The van der Waals surface area contributed by atoms with Gasteiger partial charge in [0.1, 0.15) is 0 Å². The van der Waals surface area contributed by atoms with Crippen LogP contribution < -0.4 is 10.2 Å². The maximum atomic E-state index is 12.3. The van der Waals surface area contributed by atoms with Gasteiger partial charge in [-0.1, -0.05) is 18.2 Å². The Morgan fingerprint density at radius 3 is 2.48 bits per heavy atom. The molecule has 1 N–H and O–H groups in total. The van der Waals surface area contributed by atoms with Crippen molar-refractivity contribution >= 4 is 17.7 Å². The van der Waals surface area contributed by atoms with E-state index in [2.05, 4.69) is 5.32 Å². The lowest BCUT2D eigenvalue weighted by Gasteiger charge is -2.32. The lowest BCUT2D eigenvalue weighted by molar-refractivity contribution is -0.120. The topological polar surface area (TPSA) is 61.9 Å². The standard InChI is InChI=1S/C17H25N3O3/c1-3-19(15-7-5-4-6-8-15)13-16(21)18-14-9-11-20(12-10-14)17(22)23-2/h4-8,14H,3,9-13H2,1-2H3,(H,18,21). The van der Waals surface area contributed by atoms with Crippen LogP contribution in [0.2, 0.25) is 0 Å². The first-order valence-corrected chi connectivity index (χ1v) is 8.06. The molecular weight excluding hydrogens is 294 g/mol. The highest BCUT2D eigenvalue weighted by Crippen LogP contribution is 2.14. The molecule has 6 heteroatoms. The number of hydrogen-bond donors (Lipinski definition) is 1. The van der Waals surface area contributed by atoms with Crippen molar-refractivity contribution in [2.75, 3.05) is 38.2 Å². The van der Waals surface area contributed by atoms with Gasteiger partial charge in [-0.3, -0.25) is 4.79 Å². The van der Waals surface area contributed by atoms with Crippen LogP contribution in [0.15, 0.2) is 30.3 Å². The van der Waals surface area contributed by atoms with Crippen LogP contribution in [0, 0.1) is 0 Å². The fraction of sp³-hybridized carbons (Fsp3) is 0.529. The van der Waals surface area contributed by atoms with Crippen LogP contribution in [0.4, 0.5) is 10.5 Å². The number of piperidine rings is 1. The number of ether oxygens (including phenoxy) is 1. The van der Waals surface area contributed by atoms with Gasteiger partial charge < -0.3 is 19.9 Å². The van der Waals surface area contributed by atoms with Crippen LogP contribution in [0.3, 0.4) is 0 Å². The number of rotatable bonds is 5. The van der Waals surface area contributed by atoms with E-state index in [-0.39, 0.29) is 18.0 Å². The Morgan fingerprint density at radius 1 is 1.26 bits per heavy atom. The van der Waals surface area contributed by atoms with Crippen LogP contribution in [-0.2, 0) is 9.53 Å². The van der Waals surface area contributed by atoms with Crippen molar-refractivity contribution in [3.05, 3.63) is 30.3 Å². The number of likely N-dealkylation sites (tertiary alicyclic amines) is 1. The molecule has 1 fully saturated rings. The minimum atomic E-state index is -0.295. The third kappa shape index (κ3) is 4.87. The second kappa shape index (κ2) is 8.41. The quantitative estimate of drug-likeness (QED) is 0.900. The Balaban J connectivity index is 1.80. The van der Waals surface area contributed by atoms with E-state index >= 15 is 0 Å². The zero-order chi connectivity index (χ0) is 16.7. The summed E-state index contributed by atoms with van der Waals surface area (Å²) in [6, 6.07) is 10.0. The molecule has 1 heterocycles. The van der Waals surface area contributed by atoms with Gasteiger partial charge in [0.25, 0.3) is 0 Å². The van der Waals surface area contributed by atoms with Crippen LogP contribution in [0.25, 0.3) is 0 Å². The van der Waals surface area contributed by atoms with Gasteiger partial charge in [0, 0.05) is 31.4 Å². The van der Waals surface area contributed by atoms with Crippen molar-refractivity contribution in [2.45, 2.75) is 25.8 Å². The summed E-state index contributed by atoms with van der Waals surface area (Å²) in [6.07, 6.45) is 1.23. The fourth-order valence-electron chi connectivity index (χ4n) is 2.81. The number of nitrogens with zero attached hydrogens (tertiary/aromatic N) is 2. The zero-order valence-corrected chi connectivity index (χ0v) is 13.8. The second-order valence-corrected chi connectivity index (χ2v) is 5.65. The molecule has 2 amide bonds. The van der Waals surface area contributed by atoms with Crippen LogP contribution in [-0.4, -0.2) is 56.2 Å². The number of para-hydroxylation sites is 1. The molecule has 23 heavy (non-hydrogen) atoms. The SMILES string of the molecule is CCN(CC(=O)NC1CCN(C(=O)OC)CC1)c1ccccc1. The number of carbonyl (C=O) groups is 2. The highest BCUT2D eigenvalue weighted by Gasteiger charge is 2.24. The molecular formula is C17H25N3O3. The number of likely N-dealkylation sites (N-methyl/N-ethyl adjacent to an activating group) is 1. The van der Waals surface area contributed by atoms with E-state index in [4.69, 9.17) is 4.74 Å². The average Bonchev–Trinajstić information content (AvgIpc) is 2.60. The first-order chi connectivity index (χ1) is 11.1. The Bertz CT molecular complexity index is 513. The number of methoxy groups -OCH3 is 1. The molecule has 0 unspecified atom stereocenters. The van der Waals surface area contributed by atoms with Crippen LogP contribution in [0.5, 0.6) is 0 Å². The Labute approximate surface area is 137 Å². The number of hydrogen-bond acceptors (Lipinski definition) is 4. The summed E-state index contributed by atoms with van der Waals surface area (Å²) in [4.78, 5) is 27.4. The normalized spacial score (nSPS) is 15.1. The summed E-state index contributed by atoms with van der Waals surface area (Å²) in [6.45, 7) is 4.40. The number of benzene rings is 1. The second-order valence-electron chi connectivity index (χ2n) is 5.65. The van der Waals surface area contributed by atoms with Gasteiger partial charge in [0.05, 0.1) is 13.7 Å². The zero-order valence-electron chi connectivity index (χ0n) is 13.8. The van der Waals surface area contributed by atoms with Crippen molar-refractivity contribution in [3.63, 3.8) is 0 Å². The minimum Gasteiger partial charge on any atom is -0.453 e. The summed E-state index contributed by atoms with van der Waals surface area (Å²) >= 11 is 0. The number of carbonyl (C=O) groups excluding carboxylic acids is 2. The van der Waals surface area contributed by atoms with Crippen molar-refractivity contribution in [3.8, 4) is 0 Å². The number of nitrogens with one attached hydrogen (secondary N) is 1. The van der Waals surface area contributed by atoms with E-state index in [0.717, 1.165) is 25.1 Å². The smallest absolute Gasteiger partial charge is 0.409 e. The molecule has 0 radical (unpaired) electrons. The lowest BCUT2D eigenvalue weighted by atomic mass is 10.1. The molecule has 0 spiro atoms. The molecule has 126 valence electrons. The summed E-state index contributed by atoms with van der Waals surface area (Å²) in [5.74, 6) is 0.0206. The van der Waals surface area contributed by atoms with E-state index in [1.54, 1.807) is 4.90 Å². The lowest BCUT2D eigenvalue weighted by Crippen LogP contribution is -2.48. The Morgan fingerprint density at radius 2 is 1.91 bits per heavy atom. The van der Waals surface area contributed by atoms with E-state index < -0.39 is 0 Å². The van der Waals surface area contributed by atoms with Gasteiger partial charge >= 0.3 is 6.09 Å². The van der Waals surface area contributed by atoms with Gasteiger partial charge in [-0.15, -0.1) is 0 Å². The third-order valence-electron chi connectivity index (χ3n) is 4.13. The maximum absolute atomic E-state index is 12.3. The molecule has 2 rings (SSSR count). The summed E-state index contributed by atoms with van der Waals surface area (Å²) in [5.41, 5.74) is 1.05. The summed E-state index contributed by atoms with van der Waals surface area (Å²) in [5, 5.41) is 3.07. The molecule has 1 aliphatic rings. The van der Waals surface area contributed by atoms with E-state index in [9.17, 15) is 9.59 Å². The van der Waals surface area contributed by atoms with Gasteiger partial charge in [-0.05, 0) is 31.9 Å². The summed E-state index contributed by atoms with van der Waals surface area (Å²) < 4.78 is 4.72. The van der Waals surface area contributed by atoms with Crippen LogP contribution in [0.1, 0.15) is 19.8 Å². The minimum absolute atomic E-state index is 0.0206. The van der Waals surface area contributed by atoms with Crippen molar-refractivity contribution in [2.24, 2.45) is 0 Å². The van der Waals surface area contributed by atoms with E-state index in [1.807, 2.05) is 42.2 Å². The van der Waals surface area contributed by atoms with Crippen molar-refractivity contribution in [1.82, 2.24) is 10.2 Å². The van der Waals surface area contributed by atoms with Gasteiger partial charge in [-0.2, -0.15) is 0 Å². The Kier molecular flexibility index (Phi) is 6.26. The third-order valence-corrected chi connectivity index (χ3v) is 4.13. The monoisotopic (exact) mass is 319 g/mol. The molecule has 1 aromatic carbocycles. The first-order valence-electron chi connectivity index (χ1n) is 8.06. The van der Waals surface area contributed by atoms with Gasteiger partial charge in [0.15, 0.2) is 0 Å². The largest absolute Gasteiger partial charge is 0.453 e. The molecule has 0 atom stereocenters. The maximum Gasteiger partial charge on any atom is 0.409 e. The van der Waals surface area contributed by atoms with Gasteiger partial charge in [-0.25, -0.2) is 4.79 Å². The van der Waals surface area contributed by atoms with Crippen molar-refractivity contribution < 1.29 is 14.3 Å². The molecule has 0 aromatic heterocycles. The van der Waals surface area contributed by atoms with Gasteiger partial charge in [0.2, 0.25) is 5.91 Å². The first kappa shape index (κ1) is 17.1. The highest BCUT2D eigenvalue weighted by molar-refractivity contribution is 5.81. The predicted octanol–water partition coefficient (Wildman–Crippen LogP) is 1.86. The van der Waals surface area contributed by atoms with E-state index in [0.29, 0.717) is 19.6 Å². The van der Waals surface area contributed by atoms with Crippen molar-refractivity contribution in [1.29, 1.82) is 0 Å². The molecule has 1 saturated heterocycles. The highest BCUT2D eigenvalue weighted by atomic mass is 16.5. The number of amides is 2. The Hall–Kier alpha value is -2.24. The molecule has 6 nitrogen and oxygen atoms in total. The fourth-order valence-corrected chi connectivity index (χ4v) is 2.81. The molecule has 1 aliphatic heterocycles. The van der Waals surface area contributed by atoms with E-state index in [1.165, 1.54) is 7.11 Å². The summed E-state index contributed by atoms with van der Waals surface area (Å²) in [7, 11) is 1.39. The van der Waals surface area contributed by atoms with Crippen LogP contribution >= 0.6 is 0 Å². The molecule has 1 aromatic rings. The molecule has 0 saturated carbocycles. The average molecular weight is 319 g/mol. The molecule has 0 bridgehead atoms. The predicted molar refractivity (Wildman–Crippen MR) is 89.5 cm³/mol.